The molecule has 5 nitrogen and oxygen atoms in total. The Hall–Kier alpha value is -1.66. The van der Waals surface area contributed by atoms with Crippen LogP contribution >= 0.6 is 11.3 Å². The van der Waals surface area contributed by atoms with Crippen molar-refractivity contribution in [2.45, 2.75) is 26.8 Å². The zero-order valence-corrected chi connectivity index (χ0v) is 11.3. The van der Waals surface area contributed by atoms with E-state index in [1.165, 1.54) is 5.56 Å². The number of nitrogens with zero attached hydrogens (tertiary/aromatic N) is 2. The number of anilines is 2. The first kappa shape index (κ1) is 12.8. The number of nitrogens with one attached hydrogen (secondary N) is 2. The van der Waals surface area contributed by atoms with Gasteiger partial charge in [0, 0.05) is 18.5 Å². The molecular weight excluding hydrogens is 246 g/mol. The topological polar surface area (TPSA) is 75.9 Å². The zero-order valence-electron chi connectivity index (χ0n) is 10.5. The van der Waals surface area contributed by atoms with E-state index in [0.717, 1.165) is 30.2 Å². The van der Waals surface area contributed by atoms with Gasteiger partial charge in [-0.3, -0.25) is 0 Å². The Kier molecular flexibility index (Phi) is 4.11. The van der Waals surface area contributed by atoms with Gasteiger partial charge in [-0.1, -0.05) is 6.92 Å². The van der Waals surface area contributed by atoms with Gasteiger partial charge in [-0.2, -0.15) is 11.3 Å². The number of nitrogens with two attached hydrogens (primary N) is 1. The fourth-order valence-electron chi connectivity index (χ4n) is 1.61. The molecule has 0 fully saturated rings. The Balaban J connectivity index is 2.20. The van der Waals surface area contributed by atoms with Crippen molar-refractivity contribution in [2.75, 3.05) is 10.7 Å². The highest BCUT2D eigenvalue weighted by molar-refractivity contribution is 7.07. The van der Waals surface area contributed by atoms with E-state index in [0.29, 0.717) is 5.82 Å². The lowest BCUT2D eigenvalue weighted by molar-refractivity contribution is 0.921. The largest absolute Gasteiger partial charge is 0.366 e. The highest BCUT2D eigenvalue weighted by Crippen LogP contribution is 2.20. The van der Waals surface area contributed by atoms with Crippen molar-refractivity contribution in [3.05, 3.63) is 33.8 Å². The number of hydrazine groups is 1. The summed E-state index contributed by atoms with van der Waals surface area (Å²) >= 11 is 1.69. The second-order valence-corrected chi connectivity index (χ2v) is 4.73. The summed E-state index contributed by atoms with van der Waals surface area (Å²) in [5.41, 5.74) is 4.80. The van der Waals surface area contributed by atoms with Gasteiger partial charge in [-0.25, -0.2) is 15.8 Å². The summed E-state index contributed by atoms with van der Waals surface area (Å²) in [7, 11) is 0. The molecule has 6 heteroatoms. The normalized spacial score (nSPS) is 10.4. The average Bonchev–Trinajstić information content (AvgIpc) is 2.90. The predicted octanol–water partition coefficient (Wildman–Crippen LogP) is 2.31. The molecule has 96 valence electrons. The second-order valence-electron chi connectivity index (χ2n) is 3.95. The van der Waals surface area contributed by atoms with E-state index < -0.39 is 0 Å². The van der Waals surface area contributed by atoms with Crippen molar-refractivity contribution in [1.29, 1.82) is 0 Å². The van der Waals surface area contributed by atoms with Crippen molar-refractivity contribution in [3.8, 4) is 0 Å². The summed E-state index contributed by atoms with van der Waals surface area (Å²) in [5, 5.41) is 7.51. The molecule has 2 rings (SSSR count). The maximum Gasteiger partial charge on any atom is 0.148 e. The fourth-order valence-corrected chi connectivity index (χ4v) is 2.28. The lowest BCUT2D eigenvalue weighted by Gasteiger charge is -2.12. The molecule has 0 amide bonds. The number of aromatic nitrogens is 2. The molecule has 0 bridgehead atoms. The van der Waals surface area contributed by atoms with Crippen molar-refractivity contribution >= 4 is 23.0 Å². The van der Waals surface area contributed by atoms with Crippen LogP contribution in [0.25, 0.3) is 0 Å². The minimum Gasteiger partial charge on any atom is -0.366 e. The van der Waals surface area contributed by atoms with Crippen molar-refractivity contribution < 1.29 is 0 Å². The van der Waals surface area contributed by atoms with Gasteiger partial charge >= 0.3 is 0 Å². The van der Waals surface area contributed by atoms with Crippen LogP contribution in [0.5, 0.6) is 0 Å². The molecule has 2 aromatic rings. The third-order valence-electron chi connectivity index (χ3n) is 2.69. The molecule has 4 N–H and O–H groups in total. The number of nitrogen functional groups attached to an aromatic ring is 1. The van der Waals surface area contributed by atoms with Gasteiger partial charge in [-0.15, -0.1) is 0 Å². The molecule has 0 aromatic carbocycles. The maximum atomic E-state index is 5.47. The lowest BCUT2D eigenvalue weighted by Crippen LogP contribution is -2.14. The smallest absolute Gasteiger partial charge is 0.148 e. The molecule has 0 radical (unpaired) electrons. The van der Waals surface area contributed by atoms with Crippen molar-refractivity contribution in [3.63, 3.8) is 0 Å². The molecule has 0 aliphatic carbocycles. The van der Waals surface area contributed by atoms with Crippen LogP contribution in [-0.2, 0) is 13.0 Å². The van der Waals surface area contributed by atoms with E-state index in [1.54, 1.807) is 11.3 Å². The van der Waals surface area contributed by atoms with Gasteiger partial charge in [0.1, 0.15) is 17.5 Å². The number of hydrogen-bond donors (Lipinski definition) is 3. The van der Waals surface area contributed by atoms with Crippen LogP contribution in [0, 0.1) is 6.92 Å². The minimum absolute atomic E-state index is 0.676. The number of thiophene rings is 1. The standard InChI is InChI=1S/C12H17N5S/c1-3-10-15-11(8(2)12(16-10)17-13)14-6-9-4-5-18-7-9/h4-5,7H,3,6,13H2,1-2H3,(H2,14,15,16,17). The third kappa shape index (κ3) is 2.77. The predicted molar refractivity (Wildman–Crippen MR) is 75.6 cm³/mol. The third-order valence-corrected chi connectivity index (χ3v) is 3.42. The van der Waals surface area contributed by atoms with E-state index in [2.05, 4.69) is 37.5 Å². The minimum atomic E-state index is 0.676. The van der Waals surface area contributed by atoms with E-state index in [1.807, 2.05) is 13.8 Å². The number of aryl methyl sites for hydroxylation is 1. The summed E-state index contributed by atoms with van der Waals surface area (Å²) in [4.78, 5) is 8.81. The second kappa shape index (κ2) is 5.79. The van der Waals surface area contributed by atoms with Crippen molar-refractivity contribution in [2.24, 2.45) is 5.84 Å². The number of hydrogen-bond acceptors (Lipinski definition) is 6. The summed E-state index contributed by atoms with van der Waals surface area (Å²) in [6, 6.07) is 2.09. The monoisotopic (exact) mass is 263 g/mol. The average molecular weight is 263 g/mol. The van der Waals surface area contributed by atoms with Crippen LogP contribution in [0.4, 0.5) is 11.6 Å². The SMILES string of the molecule is CCc1nc(NN)c(C)c(NCc2ccsc2)n1. The lowest BCUT2D eigenvalue weighted by atomic mass is 10.2. The summed E-state index contributed by atoms with van der Waals surface area (Å²) < 4.78 is 0. The van der Waals surface area contributed by atoms with Crippen molar-refractivity contribution in [1.82, 2.24) is 9.97 Å². The molecule has 0 spiro atoms. The first-order valence-electron chi connectivity index (χ1n) is 5.83. The van der Waals surface area contributed by atoms with Gasteiger partial charge < -0.3 is 10.7 Å². The Labute approximate surface area is 110 Å². The van der Waals surface area contributed by atoms with Crippen LogP contribution < -0.4 is 16.6 Å². The molecule has 2 aromatic heterocycles. The van der Waals surface area contributed by atoms with E-state index in [-0.39, 0.29) is 0 Å². The van der Waals surface area contributed by atoms with E-state index in [9.17, 15) is 0 Å². The molecular formula is C12H17N5S. The molecule has 0 aliphatic rings. The van der Waals surface area contributed by atoms with Crippen LogP contribution in [-0.4, -0.2) is 9.97 Å². The highest BCUT2D eigenvalue weighted by atomic mass is 32.1. The first-order valence-corrected chi connectivity index (χ1v) is 6.78. The summed E-state index contributed by atoms with van der Waals surface area (Å²) in [6.07, 6.45) is 0.780. The van der Waals surface area contributed by atoms with Crippen LogP contribution in [0.2, 0.25) is 0 Å². The molecule has 2 heterocycles. The molecule has 0 unspecified atom stereocenters. The maximum absolute atomic E-state index is 5.47. The quantitative estimate of drug-likeness (QED) is 0.570. The Morgan fingerprint density at radius 2 is 2.11 bits per heavy atom. The van der Waals surface area contributed by atoms with Crippen LogP contribution in [0.3, 0.4) is 0 Å². The summed E-state index contributed by atoms with van der Waals surface area (Å²) in [5.74, 6) is 7.76. The van der Waals surface area contributed by atoms with Gasteiger partial charge in [0.2, 0.25) is 0 Å². The Morgan fingerprint density at radius 3 is 2.72 bits per heavy atom. The molecule has 18 heavy (non-hydrogen) atoms. The van der Waals surface area contributed by atoms with Gasteiger partial charge in [-0.05, 0) is 29.3 Å². The van der Waals surface area contributed by atoms with Crippen LogP contribution in [0.15, 0.2) is 16.8 Å². The molecule has 0 atom stereocenters. The van der Waals surface area contributed by atoms with Gasteiger partial charge in [0.05, 0.1) is 0 Å². The van der Waals surface area contributed by atoms with Gasteiger partial charge in [0.15, 0.2) is 0 Å². The molecule has 0 saturated heterocycles. The zero-order chi connectivity index (χ0) is 13.0. The van der Waals surface area contributed by atoms with Crippen LogP contribution in [0.1, 0.15) is 23.9 Å². The van der Waals surface area contributed by atoms with Gasteiger partial charge in [0.25, 0.3) is 0 Å². The molecule has 0 saturated carbocycles. The molecule has 0 aliphatic heterocycles. The number of rotatable bonds is 5. The first-order chi connectivity index (χ1) is 8.74. The fraction of sp³-hybridized carbons (Fsp3) is 0.333. The van der Waals surface area contributed by atoms with E-state index in [4.69, 9.17) is 5.84 Å². The Morgan fingerprint density at radius 1 is 1.33 bits per heavy atom. The summed E-state index contributed by atoms with van der Waals surface area (Å²) in [6.45, 7) is 4.73. The highest BCUT2D eigenvalue weighted by Gasteiger charge is 2.09. The van der Waals surface area contributed by atoms with E-state index >= 15 is 0 Å². The Bertz CT molecular complexity index is 509.